The van der Waals surface area contributed by atoms with Crippen LogP contribution >= 0.6 is 0 Å². The molecule has 22 heavy (non-hydrogen) atoms. The summed E-state index contributed by atoms with van der Waals surface area (Å²) in [6, 6.07) is 16.3. The number of amides is 1. The Morgan fingerprint density at radius 3 is 2.50 bits per heavy atom. The summed E-state index contributed by atoms with van der Waals surface area (Å²) in [5.41, 5.74) is 1.62. The van der Waals surface area contributed by atoms with Crippen molar-refractivity contribution in [2.45, 2.75) is 6.92 Å². The van der Waals surface area contributed by atoms with Gasteiger partial charge in [-0.3, -0.25) is 4.79 Å². The number of para-hydroxylation sites is 1. The molecule has 1 amide bonds. The Labute approximate surface area is 127 Å². The highest BCUT2D eigenvalue weighted by molar-refractivity contribution is 6.06. The average molecular weight is 293 g/mol. The van der Waals surface area contributed by atoms with Crippen LogP contribution in [0.25, 0.3) is 11.0 Å². The van der Waals surface area contributed by atoms with Crippen LogP contribution in [0, 0.1) is 6.92 Å². The second-order valence-corrected chi connectivity index (χ2v) is 5.19. The first-order chi connectivity index (χ1) is 10.6. The molecule has 4 heteroatoms. The lowest BCUT2D eigenvalue weighted by Crippen LogP contribution is -2.30. The Bertz CT molecular complexity index is 897. The Balaban J connectivity index is 2.06. The topological polar surface area (TPSA) is 50.5 Å². The van der Waals surface area contributed by atoms with Crippen molar-refractivity contribution in [1.82, 2.24) is 0 Å². The van der Waals surface area contributed by atoms with Crippen LogP contribution in [-0.2, 0) is 0 Å². The zero-order chi connectivity index (χ0) is 15.7. The number of benzene rings is 2. The summed E-state index contributed by atoms with van der Waals surface area (Å²) < 4.78 is 5.28. The molecular weight excluding hydrogens is 278 g/mol. The van der Waals surface area contributed by atoms with E-state index in [1.807, 2.05) is 49.4 Å². The van der Waals surface area contributed by atoms with E-state index in [0.29, 0.717) is 5.58 Å². The molecule has 3 aromatic rings. The van der Waals surface area contributed by atoms with Crippen LogP contribution in [0.5, 0.6) is 0 Å². The molecule has 0 unspecified atom stereocenters. The maximum Gasteiger partial charge on any atom is 0.349 e. The van der Waals surface area contributed by atoms with Gasteiger partial charge in [0.2, 0.25) is 0 Å². The largest absolute Gasteiger partial charge is 0.422 e. The smallest absolute Gasteiger partial charge is 0.349 e. The number of rotatable bonds is 2. The maximum atomic E-state index is 12.5. The number of hydrogen-bond acceptors (Lipinski definition) is 3. The fourth-order valence-electron chi connectivity index (χ4n) is 2.32. The summed E-state index contributed by atoms with van der Waals surface area (Å²) in [5, 5.41) is 0.731. The summed E-state index contributed by atoms with van der Waals surface area (Å²) in [6.07, 6.45) is 0. The number of fused-ring (bicyclic) bond motifs is 1. The molecule has 1 aromatic heterocycles. The minimum Gasteiger partial charge on any atom is -0.422 e. The Kier molecular flexibility index (Phi) is 3.51. The summed E-state index contributed by atoms with van der Waals surface area (Å²) in [6.45, 7) is 1.92. The fraction of sp³-hybridized carbons (Fsp3) is 0.111. The van der Waals surface area contributed by atoms with E-state index in [1.165, 1.54) is 4.90 Å². The van der Waals surface area contributed by atoms with Gasteiger partial charge in [-0.05, 0) is 36.8 Å². The molecule has 2 aromatic carbocycles. The summed E-state index contributed by atoms with van der Waals surface area (Å²) >= 11 is 0. The minimum atomic E-state index is -0.620. The first-order valence-corrected chi connectivity index (χ1v) is 6.94. The van der Waals surface area contributed by atoms with Gasteiger partial charge >= 0.3 is 5.63 Å². The van der Waals surface area contributed by atoms with Crippen LogP contribution in [-0.4, -0.2) is 13.0 Å². The number of carbonyl (C=O) groups is 1. The highest BCUT2D eigenvalue weighted by atomic mass is 16.4. The van der Waals surface area contributed by atoms with E-state index in [-0.39, 0.29) is 11.5 Å². The van der Waals surface area contributed by atoms with Gasteiger partial charge in [0.1, 0.15) is 11.1 Å². The number of aryl methyl sites for hydroxylation is 1. The van der Waals surface area contributed by atoms with Crippen LogP contribution in [0.2, 0.25) is 0 Å². The predicted octanol–water partition coefficient (Wildman–Crippen LogP) is 3.38. The summed E-state index contributed by atoms with van der Waals surface area (Å²) in [4.78, 5) is 26.1. The molecule has 0 N–H and O–H groups in total. The second-order valence-electron chi connectivity index (χ2n) is 5.19. The molecule has 0 bridgehead atoms. The lowest BCUT2D eigenvalue weighted by Gasteiger charge is -2.16. The zero-order valence-electron chi connectivity index (χ0n) is 12.4. The van der Waals surface area contributed by atoms with E-state index < -0.39 is 5.63 Å². The third kappa shape index (κ3) is 2.51. The fourth-order valence-corrected chi connectivity index (χ4v) is 2.32. The lowest BCUT2D eigenvalue weighted by molar-refractivity contribution is 0.0989. The molecule has 0 aliphatic carbocycles. The Hall–Kier alpha value is -2.88. The van der Waals surface area contributed by atoms with Gasteiger partial charge < -0.3 is 9.32 Å². The van der Waals surface area contributed by atoms with Gasteiger partial charge in [-0.25, -0.2) is 4.79 Å². The first-order valence-electron chi connectivity index (χ1n) is 6.94. The van der Waals surface area contributed by atoms with Crippen molar-refractivity contribution >= 4 is 22.6 Å². The van der Waals surface area contributed by atoms with Crippen molar-refractivity contribution < 1.29 is 9.21 Å². The van der Waals surface area contributed by atoms with Crippen LogP contribution in [0.4, 0.5) is 5.69 Å². The Morgan fingerprint density at radius 1 is 1.05 bits per heavy atom. The number of hydrogen-bond donors (Lipinski definition) is 0. The molecule has 4 nitrogen and oxygen atoms in total. The van der Waals surface area contributed by atoms with Crippen molar-refractivity contribution in [1.29, 1.82) is 0 Å². The van der Waals surface area contributed by atoms with Gasteiger partial charge in [0, 0.05) is 18.1 Å². The SMILES string of the molecule is Cc1ccc2cc(C(=O)N(C)c3ccccc3)c(=O)oc2c1. The molecule has 3 rings (SSSR count). The van der Waals surface area contributed by atoms with E-state index in [4.69, 9.17) is 4.42 Å². The average Bonchev–Trinajstić information content (AvgIpc) is 2.53. The summed E-state index contributed by atoms with van der Waals surface area (Å²) in [5.74, 6) is -0.387. The van der Waals surface area contributed by atoms with Crippen LogP contribution in [0.1, 0.15) is 15.9 Å². The van der Waals surface area contributed by atoms with E-state index in [9.17, 15) is 9.59 Å². The number of carbonyl (C=O) groups excluding carboxylic acids is 1. The molecule has 0 aliphatic heterocycles. The van der Waals surface area contributed by atoms with Crippen LogP contribution in [0.3, 0.4) is 0 Å². The van der Waals surface area contributed by atoms with E-state index in [2.05, 4.69) is 0 Å². The molecule has 0 aliphatic rings. The second kappa shape index (κ2) is 5.48. The quantitative estimate of drug-likeness (QED) is 0.681. The molecule has 0 spiro atoms. The Morgan fingerprint density at radius 2 is 1.77 bits per heavy atom. The maximum absolute atomic E-state index is 12.5. The van der Waals surface area contributed by atoms with Crippen LogP contribution < -0.4 is 10.5 Å². The van der Waals surface area contributed by atoms with Crippen molar-refractivity contribution in [3.8, 4) is 0 Å². The molecule has 110 valence electrons. The summed E-state index contributed by atoms with van der Waals surface area (Å²) in [7, 11) is 1.64. The van der Waals surface area contributed by atoms with Crippen molar-refractivity contribution in [2.75, 3.05) is 11.9 Å². The zero-order valence-corrected chi connectivity index (χ0v) is 12.4. The van der Waals surface area contributed by atoms with E-state index in [1.54, 1.807) is 19.2 Å². The molecule has 0 radical (unpaired) electrons. The van der Waals surface area contributed by atoms with Crippen LogP contribution in [0.15, 0.2) is 63.8 Å². The van der Waals surface area contributed by atoms with Gasteiger partial charge in [0.05, 0.1) is 0 Å². The molecule has 0 atom stereocenters. The highest BCUT2D eigenvalue weighted by Crippen LogP contribution is 2.18. The molecule has 0 fully saturated rings. The lowest BCUT2D eigenvalue weighted by atomic mass is 10.1. The third-order valence-electron chi connectivity index (χ3n) is 3.57. The minimum absolute atomic E-state index is 0.0303. The van der Waals surface area contributed by atoms with Crippen molar-refractivity contribution in [3.05, 3.63) is 76.1 Å². The first kappa shape index (κ1) is 14.1. The standard InChI is InChI=1S/C18H15NO3/c1-12-8-9-13-11-15(18(21)22-16(13)10-12)17(20)19(2)14-6-4-3-5-7-14/h3-11H,1-2H3. The molecule has 0 saturated carbocycles. The van der Waals surface area contributed by atoms with Crippen molar-refractivity contribution in [2.24, 2.45) is 0 Å². The molecular formula is C18H15NO3. The third-order valence-corrected chi connectivity index (χ3v) is 3.57. The van der Waals surface area contributed by atoms with Gasteiger partial charge in [-0.2, -0.15) is 0 Å². The monoisotopic (exact) mass is 293 g/mol. The van der Waals surface area contributed by atoms with Gasteiger partial charge in [-0.1, -0.05) is 30.3 Å². The van der Waals surface area contributed by atoms with Gasteiger partial charge in [0.15, 0.2) is 0 Å². The number of nitrogens with zero attached hydrogens (tertiary/aromatic N) is 1. The highest BCUT2D eigenvalue weighted by Gasteiger charge is 2.18. The number of anilines is 1. The van der Waals surface area contributed by atoms with Crippen molar-refractivity contribution in [3.63, 3.8) is 0 Å². The molecule has 0 saturated heterocycles. The van der Waals surface area contributed by atoms with E-state index in [0.717, 1.165) is 16.6 Å². The van der Waals surface area contributed by atoms with E-state index >= 15 is 0 Å². The normalized spacial score (nSPS) is 10.6. The van der Waals surface area contributed by atoms with Gasteiger partial charge in [-0.15, -0.1) is 0 Å². The predicted molar refractivity (Wildman–Crippen MR) is 86.4 cm³/mol. The van der Waals surface area contributed by atoms with Gasteiger partial charge in [0.25, 0.3) is 5.91 Å². The molecule has 1 heterocycles.